The topological polar surface area (TPSA) is 58.4 Å². The number of nitrogens with one attached hydrogen (secondary N) is 1. The molecule has 18 heavy (non-hydrogen) atoms. The first-order chi connectivity index (χ1) is 8.65. The van der Waals surface area contributed by atoms with Crippen molar-refractivity contribution in [2.75, 3.05) is 27.2 Å². The molecule has 0 radical (unpaired) electrons. The maximum Gasteiger partial charge on any atom is 0.239 e. The molecule has 4 nitrogen and oxygen atoms in total. The number of nitrogens with zero attached hydrogens (tertiary/aromatic N) is 1. The molecule has 0 aliphatic carbocycles. The van der Waals surface area contributed by atoms with Gasteiger partial charge < -0.3 is 16.0 Å². The van der Waals surface area contributed by atoms with Gasteiger partial charge in [-0.05, 0) is 25.5 Å². The second-order valence-corrected chi connectivity index (χ2v) is 4.49. The fourth-order valence-electron chi connectivity index (χ4n) is 1.76. The van der Waals surface area contributed by atoms with Gasteiger partial charge in [-0.3, -0.25) is 4.79 Å². The summed E-state index contributed by atoms with van der Waals surface area (Å²) in [5.74, 6) is 0.0150. The van der Waals surface area contributed by atoms with Gasteiger partial charge in [0.05, 0.1) is 6.04 Å². The van der Waals surface area contributed by atoms with Gasteiger partial charge in [-0.25, -0.2) is 0 Å². The normalized spacial score (nSPS) is 12.2. The number of rotatable bonds is 7. The van der Waals surface area contributed by atoms with Crippen LogP contribution in [0.4, 0.5) is 0 Å². The van der Waals surface area contributed by atoms with Gasteiger partial charge in [0, 0.05) is 20.1 Å². The Balaban J connectivity index is 2.35. The molecule has 0 bridgehead atoms. The molecule has 4 heteroatoms. The van der Waals surface area contributed by atoms with Gasteiger partial charge in [-0.1, -0.05) is 30.3 Å². The molecule has 1 atom stereocenters. The molecule has 1 rings (SSSR count). The predicted octanol–water partition coefficient (Wildman–Crippen LogP) is 0.624. The maximum absolute atomic E-state index is 11.9. The van der Waals surface area contributed by atoms with E-state index in [0.29, 0.717) is 13.0 Å². The number of benzene rings is 1. The molecular formula is C14H23N3O. The zero-order valence-electron chi connectivity index (χ0n) is 11.2. The summed E-state index contributed by atoms with van der Waals surface area (Å²) in [5, 5.41) is 3.02. The number of amides is 1. The number of hydrogen-bond acceptors (Lipinski definition) is 3. The number of hydrogen-bond donors (Lipinski definition) is 2. The summed E-state index contributed by atoms with van der Waals surface area (Å²) in [4.78, 5) is 13.6. The van der Waals surface area contributed by atoms with Crippen molar-refractivity contribution in [2.45, 2.75) is 18.9 Å². The number of likely N-dealkylation sites (N-methyl/N-ethyl adjacent to an activating group) is 2. The lowest BCUT2D eigenvalue weighted by atomic mass is 10.1. The molecule has 0 spiro atoms. The zero-order valence-corrected chi connectivity index (χ0v) is 11.2. The average molecular weight is 249 g/mol. The molecule has 0 aromatic heterocycles. The first kappa shape index (κ1) is 14.7. The van der Waals surface area contributed by atoms with Crippen molar-refractivity contribution >= 4 is 5.91 Å². The summed E-state index contributed by atoms with van der Waals surface area (Å²) in [6.07, 6.45) is 1.53. The third-order valence-electron chi connectivity index (χ3n) is 2.98. The molecule has 0 saturated heterocycles. The summed E-state index contributed by atoms with van der Waals surface area (Å²) < 4.78 is 0. The average Bonchev–Trinajstić information content (AvgIpc) is 2.42. The lowest BCUT2D eigenvalue weighted by molar-refractivity contribution is -0.131. The van der Waals surface area contributed by atoms with Crippen LogP contribution in [0.2, 0.25) is 0 Å². The molecule has 100 valence electrons. The minimum atomic E-state index is -0.410. The third kappa shape index (κ3) is 4.85. The van der Waals surface area contributed by atoms with Crippen molar-refractivity contribution in [1.82, 2.24) is 10.2 Å². The van der Waals surface area contributed by atoms with Crippen LogP contribution in [0.25, 0.3) is 0 Å². The number of nitrogens with two attached hydrogens (primary N) is 1. The van der Waals surface area contributed by atoms with Crippen molar-refractivity contribution in [3.05, 3.63) is 35.9 Å². The highest BCUT2D eigenvalue weighted by Crippen LogP contribution is 2.05. The summed E-state index contributed by atoms with van der Waals surface area (Å²) in [5.41, 5.74) is 7.15. The summed E-state index contributed by atoms with van der Waals surface area (Å²) in [6.45, 7) is 1.47. The largest absolute Gasteiger partial charge is 0.343 e. The first-order valence-corrected chi connectivity index (χ1v) is 6.34. The second-order valence-electron chi connectivity index (χ2n) is 4.49. The first-order valence-electron chi connectivity index (χ1n) is 6.34. The van der Waals surface area contributed by atoms with Crippen molar-refractivity contribution in [1.29, 1.82) is 0 Å². The fraction of sp³-hybridized carbons (Fsp3) is 0.500. The van der Waals surface area contributed by atoms with Crippen molar-refractivity contribution in [3.63, 3.8) is 0 Å². The van der Waals surface area contributed by atoms with Crippen LogP contribution in [0.1, 0.15) is 12.0 Å². The molecule has 1 unspecified atom stereocenters. The van der Waals surface area contributed by atoms with E-state index < -0.39 is 6.04 Å². The van der Waals surface area contributed by atoms with E-state index in [0.717, 1.165) is 13.0 Å². The standard InChI is InChI=1S/C14H23N3O/c1-16-10-11-17(2)14(18)13(15)9-8-12-6-4-3-5-7-12/h3-7,13,16H,8-11,15H2,1-2H3. The van der Waals surface area contributed by atoms with Crippen LogP contribution in [-0.4, -0.2) is 44.0 Å². The SMILES string of the molecule is CNCCN(C)C(=O)C(N)CCc1ccccc1. The molecule has 0 heterocycles. The molecule has 3 N–H and O–H groups in total. The fourth-order valence-corrected chi connectivity index (χ4v) is 1.76. The van der Waals surface area contributed by atoms with Gasteiger partial charge >= 0.3 is 0 Å². The van der Waals surface area contributed by atoms with E-state index in [9.17, 15) is 4.79 Å². The van der Waals surface area contributed by atoms with Crippen LogP contribution in [0.15, 0.2) is 30.3 Å². The van der Waals surface area contributed by atoms with E-state index in [4.69, 9.17) is 5.73 Å². The highest BCUT2D eigenvalue weighted by Gasteiger charge is 2.17. The summed E-state index contributed by atoms with van der Waals surface area (Å²) in [7, 11) is 3.66. The quantitative estimate of drug-likeness (QED) is 0.745. The lowest BCUT2D eigenvalue weighted by Gasteiger charge is -2.21. The van der Waals surface area contributed by atoms with Crippen LogP contribution < -0.4 is 11.1 Å². The monoisotopic (exact) mass is 249 g/mol. The highest BCUT2D eigenvalue weighted by molar-refractivity contribution is 5.81. The predicted molar refractivity (Wildman–Crippen MR) is 74.3 cm³/mol. The van der Waals surface area contributed by atoms with Gasteiger partial charge in [0.1, 0.15) is 0 Å². The Labute approximate surface area is 109 Å². The minimum Gasteiger partial charge on any atom is -0.343 e. The molecule has 0 aliphatic heterocycles. The molecule has 1 aromatic rings. The van der Waals surface area contributed by atoms with Crippen LogP contribution in [0.5, 0.6) is 0 Å². The van der Waals surface area contributed by atoms with Crippen LogP contribution in [0.3, 0.4) is 0 Å². The Morgan fingerprint density at radius 2 is 2.06 bits per heavy atom. The van der Waals surface area contributed by atoms with E-state index in [2.05, 4.69) is 17.4 Å². The molecule has 0 aliphatic rings. The maximum atomic E-state index is 11.9. The zero-order chi connectivity index (χ0) is 13.4. The minimum absolute atomic E-state index is 0.0150. The van der Waals surface area contributed by atoms with Gasteiger partial charge in [-0.2, -0.15) is 0 Å². The van der Waals surface area contributed by atoms with Gasteiger partial charge in [0.25, 0.3) is 0 Å². The highest BCUT2D eigenvalue weighted by atomic mass is 16.2. The second kappa shape index (κ2) is 7.84. The van der Waals surface area contributed by atoms with E-state index >= 15 is 0 Å². The smallest absolute Gasteiger partial charge is 0.239 e. The Morgan fingerprint density at radius 1 is 1.39 bits per heavy atom. The van der Waals surface area contributed by atoms with Crippen LogP contribution in [0, 0.1) is 0 Å². The van der Waals surface area contributed by atoms with Gasteiger partial charge in [-0.15, -0.1) is 0 Å². The Morgan fingerprint density at radius 3 is 2.67 bits per heavy atom. The van der Waals surface area contributed by atoms with E-state index in [1.165, 1.54) is 5.56 Å². The van der Waals surface area contributed by atoms with Crippen LogP contribution in [-0.2, 0) is 11.2 Å². The summed E-state index contributed by atoms with van der Waals surface area (Å²) in [6, 6.07) is 9.69. The van der Waals surface area contributed by atoms with Crippen molar-refractivity contribution in [3.8, 4) is 0 Å². The van der Waals surface area contributed by atoms with Crippen molar-refractivity contribution in [2.24, 2.45) is 5.73 Å². The number of aryl methyl sites for hydroxylation is 1. The third-order valence-corrected chi connectivity index (χ3v) is 2.98. The van der Waals surface area contributed by atoms with E-state index in [-0.39, 0.29) is 5.91 Å². The molecule has 0 fully saturated rings. The van der Waals surface area contributed by atoms with E-state index in [1.54, 1.807) is 11.9 Å². The Hall–Kier alpha value is -1.39. The Bertz CT molecular complexity index is 353. The number of carbonyl (C=O) groups excluding carboxylic acids is 1. The molecule has 1 amide bonds. The Kier molecular flexibility index (Phi) is 6.39. The molecule has 0 saturated carbocycles. The van der Waals surface area contributed by atoms with Gasteiger partial charge in [0.2, 0.25) is 5.91 Å². The lowest BCUT2D eigenvalue weighted by Crippen LogP contribution is -2.44. The molecule has 1 aromatic carbocycles. The molecular weight excluding hydrogens is 226 g/mol. The van der Waals surface area contributed by atoms with Crippen molar-refractivity contribution < 1.29 is 4.79 Å². The van der Waals surface area contributed by atoms with Gasteiger partial charge in [0.15, 0.2) is 0 Å². The summed E-state index contributed by atoms with van der Waals surface area (Å²) >= 11 is 0. The van der Waals surface area contributed by atoms with Crippen LogP contribution >= 0.6 is 0 Å². The van der Waals surface area contributed by atoms with E-state index in [1.807, 2.05) is 25.2 Å². The number of carbonyl (C=O) groups is 1.